The van der Waals surface area contributed by atoms with Gasteiger partial charge in [-0.2, -0.15) is 0 Å². The third-order valence-corrected chi connectivity index (χ3v) is 3.90. The van der Waals surface area contributed by atoms with Crippen molar-refractivity contribution < 1.29 is 23.0 Å². The van der Waals surface area contributed by atoms with Crippen LogP contribution < -0.4 is 14.8 Å². The third kappa shape index (κ3) is 5.71. The Morgan fingerprint density at radius 2 is 2.04 bits per heavy atom. The minimum atomic E-state index is -2.72. The van der Waals surface area contributed by atoms with E-state index in [0.717, 1.165) is 5.56 Å². The van der Waals surface area contributed by atoms with Gasteiger partial charge in [-0.3, -0.25) is 4.79 Å². The van der Waals surface area contributed by atoms with Gasteiger partial charge in [0.25, 0.3) is 6.43 Å². The van der Waals surface area contributed by atoms with Crippen molar-refractivity contribution in [3.05, 3.63) is 64.3 Å². The number of carbonyl (C=O) groups is 1. The van der Waals surface area contributed by atoms with Crippen molar-refractivity contribution in [1.82, 2.24) is 15.3 Å². The number of hydrogen-bond donors (Lipinski definition) is 2. The number of aromatic amines is 1. The van der Waals surface area contributed by atoms with E-state index >= 15 is 0 Å². The highest BCUT2D eigenvalue weighted by molar-refractivity contribution is 7.71. The smallest absolute Gasteiger partial charge is 0.278 e. The summed E-state index contributed by atoms with van der Waals surface area (Å²) in [5.41, 5.74) is 1.25. The normalized spacial score (nSPS) is 11.7. The summed E-state index contributed by atoms with van der Waals surface area (Å²) in [6.45, 7) is 0. The molecule has 2 aromatic rings. The number of carbonyl (C=O) groups excluding carboxylic acids is 1. The minimum absolute atomic E-state index is 0.0712. The molecule has 0 radical (unpaired) electrons. The van der Waals surface area contributed by atoms with Crippen molar-refractivity contribution in [3.63, 3.8) is 0 Å². The van der Waals surface area contributed by atoms with E-state index in [1.807, 2.05) is 18.2 Å². The summed E-state index contributed by atoms with van der Waals surface area (Å²) in [5, 5.41) is 2.39. The summed E-state index contributed by atoms with van der Waals surface area (Å²) in [7, 11) is 3.11. The molecule has 0 saturated carbocycles. The molecule has 0 unspecified atom stereocenters. The summed E-state index contributed by atoms with van der Waals surface area (Å²) < 4.78 is 36.4. The molecule has 1 heterocycles. The molecule has 148 valence electrons. The summed E-state index contributed by atoms with van der Waals surface area (Å²) in [5.74, 6) is 1.22. The molecule has 1 aromatic carbocycles. The number of methoxy groups -OCH3 is 2. The number of alkyl halides is 2. The zero-order chi connectivity index (χ0) is 20.5. The summed E-state index contributed by atoms with van der Waals surface area (Å²) >= 11 is 4.91. The van der Waals surface area contributed by atoms with Gasteiger partial charge in [0.1, 0.15) is 0 Å². The molecule has 0 spiro atoms. The largest absolute Gasteiger partial charge is 0.493 e. The SMILES string of the molecule is COc1ccc(C/C=C\C(=C/NC=O)c2cc(C(F)F)[nH]c(=S)n2)cc1OC. The van der Waals surface area contributed by atoms with Gasteiger partial charge in [-0.1, -0.05) is 18.2 Å². The van der Waals surface area contributed by atoms with Crippen LogP contribution in [0.2, 0.25) is 0 Å². The standard InChI is InChI=1S/C19H19F2N3O3S/c1-26-16-7-6-12(8-17(16)27-2)4-3-5-13(10-22-11-25)14-9-15(18(20)21)24-19(28)23-14/h3,5-11,18H,4H2,1-2H3,(H,22,25)(H,23,24,28)/b5-3-,13-10+. The van der Waals surface area contributed by atoms with Crippen molar-refractivity contribution in [1.29, 1.82) is 0 Å². The Morgan fingerprint density at radius 1 is 1.29 bits per heavy atom. The Morgan fingerprint density at radius 3 is 2.68 bits per heavy atom. The van der Waals surface area contributed by atoms with E-state index in [-0.39, 0.29) is 16.2 Å². The molecule has 0 fully saturated rings. The van der Waals surface area contributed by atoms with E-state index in [1.54, 1.807) is 26.4 Å². The molecule has 0 aliphatic heterocycles. The van der Waals surface area contributed by atoms with E-state index < -0.39 is 6.43 Å². The Balaban J connectivity index is 2.28. The molecule has 2 N–H and O–H groups in total. The second kappa shape index (κ2) is 10.3. The average molecular weight is 407 g/mol. The lowest BCUT2D eigenvalue weighted by Gasteiger charge is -2.08. The Hall–Kier alpha value is -3.07. The van der Waals surface area contributed by atoms with E-state index in [1.165, 1.54) is 12.3 Å². The molecule has 9 heteroatoms. The number of H-pyrrole nitrogens is 1. The van der Waals surface area contributed by atoms with Crippen molar-refractivity contribution in [2.24, 2.45) is 0 Å². The molecule has 0 aliphatic carbocycles. The number of nitrogens with zero attached hydrogens (tertiary/aromatic N) is 1. The van der Waals surface area contributed by atoms with Gasteiger partial charge in [0.15, 0.2) is 16.3 Å². The molecule has 0 saturated heterocycles. The zero-order valence-electron chi connectivity index (χ0n) is 15.2. The lowest BCUT2D eigenvalue weighted by atomic mass is 10.1. The highest BCUT2D eigenvalue weighted by atomic mass is 32.1. The maximum absolute atomic E-state index is 13.0. The number of amides is 1. The molecule has 6 nitrogen and oxygen atoms in total. The van der Waals surface area contributed by atoms with Crippen LogP contribution in [0.25, 0.3) is 5.57 Å². The lowest BCUT2D eigenvalue weighted by Crippen LogP contribution is -2.03. The Labute approximate surface area is 165 Å². The predicted molar refractivity (Wildman–Crippen MR) is 104 cm³/mol. The monoisotopic (exact) mass is 407 g/mol. The molecular formula is C19H19F2N3O3S. The molecule has 1 amide bonds. The molecule has 1 aromatic heterocycles. The summed E-state index contributed by atoms with van der Waals surface area (Å²) in [6, 6.07) is 6.70. The second-order valence-electron chi connectivity index (χ2n) is 5.51. The van der Waals surface area contributed by atoms with Gasteiger partial charge in [0.05, 0.1) is 25.6 Å². The van der Waals surface area contributed by atoms with E-state index in [0.29, 0.717) is 29.9 Å². The lowest BCUT2D eigenvalue weighted by molar-refractivity contribution is -0.108. The number of allylic oxidation sites excluding steroid dienone is 3. The van der Waals surface area contributed by atoms with E-state index in [4.69, 9.17) is 21.7 Å². The molecule has 28 heavy (non-hydrogen) atoms. The van der Waals surface area contributed by atoms with Crippen LogP contribution in [0.3, 0.4) is 0 Å². The van der Waals surface area contributed by atoms with Gasteiger partial charge in [-0.25, -0.2) is 13.8 Å². The molecule has 2 rings (SSSR count). The second-order valence-corrected chi connectivity index (χ2v) is 5.89. The zero-order valence-corrected chi connectivity index (χ0v) is 16.1. The first-order valence-corrected chi connectivity index (χ1v) is 8.56. The third-order valence-electron chi connectivity index (χ3n) is 3.70. The highest BCUT2D eigenvalue weighted by Crippen LogP contribution is 2.28. The van der Waals surface area contributed by atoms with Gasteiger partial charge >= 0.3 is 0 Å². The Bertz CT molecular complexity index is 942. The molecule has 0 bridgehead atoms. The summed E-state index contributed by atoms with van der Waals surface area (Å²) in [4.78, 5) is 17.0. The van der Waals surface area contributed by atoms with Crippen molar-refractivity contribution in [2.45, 2.75) is 12.8 Å². The highest BCUT2D eigenvalue weighted by Gasteiger charge is 2.11. The van der Waals surface area contributed by atoms with Crippen LogP contribution >= 0.6 is 12.2 Å². The van der Waals surface area contributed by atoms with Gasteiger partial charge < -0.3 is 19.8 Å². The first-order chi connectivity index (χ1) is 13.5. The Kier molecular flexibility index (Phi) is 7.82. The first kappa shape index (κ1) is 21.2. The van der Waals surface area contributed by atoms with Crippen LogP contribution in [0.1, 0.15) is 23.4 Å². The van der Waals surface area contributed by atoms with Crippen LogP contribution in [0, 0.1) is 4.77 Å². The fourth-order valence-corrected chi connectivity index (χ4v) is 2.62. The van der Waals surface area contributed by atoms with E-state index in [2.05, 4.69) is 15.3 Å². The van der Waals surface area contributed by atoms with E-state index in [9.17, 15) is 13.6 Å². The maximum atomic E-state index is 13.0. The summed E-state index contributed by atoms with van der Waals surface area (Å²) in [6.07, 6.45) is 3.12. The van der Waals surface area contributed by atoms with Crippen LogP contribution in [0.5, 0.6) is 11.5 Å². The minimum Gasteiger partial charge on any atom is -0.493 e. The molecule has 0 aliphatic rings. The molecule has 0 atom stereocenters. The number of benzene rings is 1. The van der Waals surface area contributed by atoms with Crippen LogP contribution in [0.15, 0.2) is 42.6 Å². The van der Waals surface area contributed by atoms with Crippen LogP contribution in [-0.4, -0.2) is 30.6 Å². The number of ether oxygens (including phenoxy) is 2. The predicted octanol–water partition coefficient (Wildman–Crippen LogP) is 3.98. The molecular weight excluding hydrogens is 388 g/mol. The number of halogens is 2. The number of nitrogens with one attached hydrogen (secondary N) is 2. The van der Waals surface area contributed by atoms with Crippen molar-refractivity contribution >= 4 is 24.2 Å². The van der Waals surface area contributed by atoms with Gasteiger partial charge in [-0.15, -0.1) is 0 Å². The quantitative estimate of drug-likeness (QED) is 0.374. The number of rotatable bonds is 9. The van der Waals surface area contributed by atoms with Crippen molar-refractivity contribution in [3.8, 4) is 11.5 Å². The van der Waals surface area contributed by atoms with Gasteiger partial charge in [0.2, 0.25) is 6.41 Å². The van der Waals surface area contributed by atoms with Crippen LogP contribution in [-0.2, 0) is 11.2 Å². The topological polar surface area (TPSA) is 76.2 Å². The average Bonchev–Trinajstić information content (AvgIpc) is 2.69. The maximum Gasteiger partial charge on any atom is 0.278 e. The van der Waals surface area contributed by atoms with Crippen LogP contribution in [0.4, 0.5) is 8.78 Å². The first-order valence-electron chi connectivity index (χ1n) is 8.15. The van der Waals surface area contributed by atoms with Gasteiger partial charge in [-0.05, 0) is 42.4 Å². The van der Waals surface area contributed by atoms with Gasteiger partial charge in [0, 0.05) is 11.8 Å². The number of aromatic nitrogens is 2. The number of hydrogen-bond acceptors (Lipinski definition) is 5. The van der Waals surface area contributed by atoms with Crippen molar-refractivity contribution in [2.75, 3.05) is 14.2 Å². The fraction of sp³-hybridized carbons (Fsp3) is 0.211. The fourth-order valence-electron chi connectivity index (χ4n) is 2.40.